The molecule has 0 heterocycles. The van der Waals surface area contributed by atoms with Gasteiger partial charge in [-0.2, -0.15) is 0 Å². The van der Waals surface area contributed by atoms with E-state index in [0.29, 0.717) is 11.1 Å². The summed E-state index contributed by atoms with van der Waals surface area (Å²) in [6.45, 7) is 3.61. The molecule has 3 rings (SSSR count). The quantitative estimate of drug-likeness (QED) is 0.702. The van der Waals surface area contributed by atoms with Crippen LogP contribution in [-0.4, -0.2) is 17.8 Å². The number of aryl methyl sites for hydroxylation is 2. The Morgan fingerprint density at radius 2 is 1.10 bits per heavy atom. The summed E-state index contributed by atoms with van der Waals surface area (Å²) >= 11 is 0. The second-order valence-electron chi connectivity index (χ2n) is 6.62. The number of rotatable bonds is 5. The van der Waals surface area contributed by atoms with E-state index in [0.717, 1.165) is 11.1 Å². The summed E-state index contributed by atoms with van der Waals surface area (Å²) in [5, 5.41) is 16.7. The standard InChI is InChI=1S/C23H20N2O4/c1-14-7-3-5-9-19(14)21(26)24-17-11-16(23(28)29)12-18(13-17)25-22(27)20-10-6-4-8-15(20)2/h3-13H,1-2H3,(H,24,26)(H,25,27)(H,28,29)/p-1. The maximum Gasteiger partial charge on any atom is 0.255 e. The van der Waals surface area contributed by atoms with Gasteiger partial charge in [-0.1, -0.05) is 36.4 Å². The summed E-state index contributed by atoms with van der Waals surface area (Å²) in [6.07, 6.45) is 0. The number of benzene rings is 3. The van der Waals surface area contributed by atoms with Crippen molar-refractivity contribution in [2.75, 3.05) is 10.6 Å². The molecule has 3 aromatic rings. The zero-order valence-electron chi connectivity index (χ0n) is 16.0. The van der Waals surface area contributed by atoms with Gasteiger partial charge in [0.05, 0.1) is 5.97 Å². The van der Waals surface area contributed by atoms with E-state index in [9.17, 15) is 19.5 Å². The van der Waals surface area contributed by atoms with Gasteiger partial charge in [-0.25, -0.2) is 0 Å². The molecule has 0 bridgehead atoms. The highest BCUT2D eigenvalue weighted by Gasteiger charge is 2.13. The summed E-state index contributed by atoms with van der Waals surface area (Å²) in [4.78, 5) is 36.5. The Labute approximate surface area is 168 Å². The highest BCUT2D eigenvalue weighted by atomic mass is 16.4. The Hall–Kier alpha value is -3.93. The van der Waals surface area contributed by atoms with Crippen molar-refractivity contribution in [3.8, 4) is 0 Å². The van der Waals surface area contributed by atoms with Gasteiger partial charge in [0, 0.05) is 28.1 Å². The van der Waals surface area contributed by atoms with Crippen LogP contribution >= 0.6 is 0 Å². The maximum absolute atomic E-state index is 12.6. The van der Waals surface area contributed by atoms with Crippen LogP contribution in [0.3, 0.4) is 0 Å². The second kappa shape index (κ2) is 8.39. The van der Waals surface area contributed by atoms with Crippen LogP contribution in [0, 0.1) is 13.8 Å². The van der Waals surface area contributed by atoms with E-state index < -0.39 is 5.97 Å². The highest BCUT2D eigenvalue weighted by Crippen LogP contribution is 2.21. The molecule has 3 aromatic carbocycles. The molecule has 0 spiro atoms. The van der Waals surface area contributed by atoms with Crippen molar-refractivity contribution in [1.29, 1.82) is 0 Å². The number of carboxylic acid groups (broad SMARTS) is 1. The molecule has 2 amide bonds. The highest BCUT2D eigenvalue weighted by molar-refractivity contribution is 6.08. The predicted octanol–water partition coefficient (Wildman–Crippen LogP) is 3.17. The van der Waals surface area contributed by atoms with E-state index in [2.05, 4.69) is 10.6 Å². The molecule has 2 N–H and O–H groups in total. The third kappa shape index (κ3) is 4.68. The minimum atomic E-state index is -1.41. The SMILES string of the molecule is Cc1ccccc1C(=O)Nc1cc(NC(=O)c2ccccc2C)cc(C(=O)[O-])c1. The Morgan fingerprint density at radius 1 is 0.690 bits per heavy atom. The monoisotopic (exact) mass is 387 g/mol. The van der Waals surface area contributed by atoms with Crippen molar-refractivity contribution in [1.82, 2.24) is 0 Å². The summed E-state index contributed by atoms with van der Waals surface area (Å²) in [7, 11) is 0. The van der Waals surface area contributed by atoms with Gasteiger partial charge >= 0.3 is 0 Å². The normalized spacial score (nSPS) is 10.3. The number of carboxylic acids is 1. The van der Waals surface area contributed by atoms with E-state index in [1.54, 1.807) is 50.2 Å². The summed E-state index contributed by atoms with van der Waals surface area (Å²) in [6, 6.07) is 18.2. The molecule has 6 nitrogen and oxygen atoms in total. The largest absolute Gasteiger partial charge is 0.545 e. The van der Waals surface area contributed by atoms with Crippen LogP contribution in [0.2, 0.25) is 0 Å². The lowest BCUT2D eigenvalue weighted by atomic mass is 10.1. The average molecular weight is 387 g/mol. The Bertz CT molecular complexity index is 1030. The molecule has 0 saturated carbocycles. The van der Waals surface area contributed by atoms with E-state index in [-0.39, 0.29) is 28.8 Å². The first-order chi connectivity index (χ1) is 13.8. The fraction of sp³-hybridized carbons (Fsp3) is 0.0870. The van der Waals surface area contributed by atoms with Gasteiger partial charge in [-0.05, 0) is 55.3 Å². The number of hydrogen-bond acceptors (Lipinski definition) is 4. The average Bonchev–Trinajstić information content (AvgIpc) is 2.68. The van der Waals surface area contributed by atoms with Crippen LogP contribution < -0.4 is 15.7 Å². The fourth-order valence-electron chi connectivity index (χ4n) is 2.94. The number of carbonyl (C=O) groups excluding carboxylic acids is 3. The molecule has 0 unspecified atom stereocenters. The lowest BCUT2D eigenvalue weighted by Crippen LogP contribution is -2.23. The molecule has 0 aliphatic rings. The zero-order chi connectivity index (χ0) is 21.0. The first-order valence-corrected chi connectivity index (χ1v) is 8.95. The molecule has 0 saturated heterocycles. The van der Waals surface area contributed by atoms with Crippen LogP contribution in [0.15, 0.2) is 66.7 Å². The van der Waals surface area contributed by atoms with E-state index in [1.165, 1.54) is 18.2 Å². The lowest BCUT2D eigenvalue weighted by Gasteiger charge is -2.14. The van der Waals surface area contributed by atoms with Crippen LogP contribution in [0.5, 0.6) is 0 Å². The minimum Gasteiger partial charge on any atom is -0.545 e. The fourth-order valence-corrected chi connectivity index (χ4v) is 2.94. The van der Waals surface area contributed by atoms with Crippen molar-refractivity contribution in [3.05, 3.63) is 94.5 Å². The summed E-state index contributed by atoms with van der Waals surface area (Å²) < 4.78 is 0. The first kappa shape index (κ1) is 19.8. The molecule has 6 heteroatoms. The third-order valence-corrected chi connectivity index (χ3v) is 4.46. The van der Waals surface area contributed by atoms with Gasteiger partial charge in [0.15, 0.2) is 0 Å². The molecule has 0 aliphatic heterocycles. The van der Waals surface area contributed by atoms with Crippen LogP contribution in [0.1, 0.15) is 42.2 Å². The summed E-state index contributed by atoms with van der Waals surface area (Å²) in [5.74, 6) is -2.17. The van der Waals surface area contributed by atoms with Crippen LogP contribution in [-0.2, 0) is 0 Å². The third-order valence-electron chi connectivity index (χ3n) is 4.46. The number of nitrogens with one attached hydrogen (secondary N) is 2. The molecule has 0 aromatic heterocycles. The molecule has 29 heavy (non-hydrogen) atoms. The minimum absolute atomic E-state index is 0.160. The van der Waals surface area contributed by atoms with Crippen molar-refractivity contribution >= 4 is 29.2 Å². The molecule has 0 radical (unpaired) electrons. The molecule has 0 atom stereocenters. The smallest absolute Gasteiger partial charge is 0.255 e. The summed E-state index contributed by atoms with van der Waals surface area (Å²) in [5.41, 5.74) is 2.82. The number of amides is 2. The maximum atomic E-state index is 12.6. The predicted molar refractivity (Wildman–Crippen MR) is 109 cm³/mol. The zero-order valence-corrected chi connectivity index (χ0v) is 16.0. The van der Waals surface area contributed by atoms with Gasteiger partial charge in [-0.15, -0.1) is 0 Å². The van der Waals surface area contributed by atoms with Crippen molar-refractivity contribution < 1.29 is 19.5 Å². The van der Waals surface area contributed by atoms with E-state index in [1.807, 2.05) is 12.1 Å². The molecular formula is C23H19N2O4-. The van der Waals surface area contributed by atoms with Crippen molar-refractivity contribution in [3.63, 3.8) is 0 Å². The number of carbonyl (C=O) groups is 3. The number of anilines is 2. The Kier molecular flexibility index (Phi) is 5.74. The van der Waals surface area contributed by atoms with Gasteiger partial charge in [0.25, 0.3) is 11.8 Å². The van der Waals surface area contributed by atoms with Gasteiger partial charge in [-0.3, -0.25) is 9.59 Å². The van der Waals surface area contributed by atoms with Gasteiger partial charge < -0.3 is 20.5 Å². The second-order valence-corrected chi connectivity index (χ2v) is 6.62. The first-order valence-electron chi connectivity index (χ1n) is 8.95. The molecule has 0 aliphatic carbocycles. The number of aromatic carboxylic acids is 1. The molecule has 0 fully saturated rings. The van der Waals surface area contributed by atoms with Crippen LogP contribution in [0.25, 0.3) is 0 Å². The Morgan fingerprint density at radius 3 is 1.48 bits per heavy atom. The van der Waals surface area contributed by atoms with Crippen LogP contribution in [0.4, 0.5) is 11.4 Å². The van der Waals surface area contributed by atoms with E-state index in [4.69, 9.17) is 0 Å². The Balaban J connectivity index is 1.89. The van der Waals surface area contributed by atoms with Gasteiger partial charge in [0.2, 0.25) is 0 Å². The van der Waals surface area contributed by atoms with Gasteiger partial charge in [0.1, 0.15) is 0 Å². The van der Waals surface area contributed by atoms with Crippen molar-refractivity contribution in [2.24, 2.45) is 0 Å². The van der Waals surface area contributed by atoms with E-state index >= 15 is 0 Å². The molecule has 146 valence electrons. The van der Waals surface area contributed by atoms with Crippen molar-refractivity contribution in [2.45, 2.75) is 13.8 Å². The lowest BCUT2D eigenvalue weighted by molar-refractivity contribution is -0.255. The topological polar surface area (TPSA) is 98.3 Å². The number of hydrogen-bond donors (Lipinski definition) is 2. The molecular weight excluding hydrogens is 368 g/mol.